The van der Waals surface area contributed by atoms with Gasteiger partial charge in [-0.1, -0.05) is 0 Å². The molecule has 5 fully saturated rings. The van der Waals surface area contributed by atoms with Crippen molar-refractivity contribution in [3.05, 3.63) is 59.3 Å². The number of amides is 7. The number of piperazine rings is 1. The van der Waals surface area contributed by atoms with E-state index in [1.54, 1.807) is 29.0 Å². The number of nitrogens with two attached hydrogens (primary N) is 1. The molecule has 2 aromatic carbocycles. The first-order valence-electron chi connectivity index (χ1n) is 20.0. The third-order valence-corrected chi connectivity index (χ3v) is 11.8. The van der Waals surface area contributed by atoms with Crippen molar-refractivity contribution in [3.63, 3.8) is 0 Å². The van der Waals surface area contributed by atoms with Gasteiger partial charge in [0.2, 0.25) is 11.9 Å². The van der Waals surface area contributed by atoms with E-state index >= 15 is 4.39 Å². The summed E-state index contributed by atoms with van der Waals surface area (Å²) in [5.41, 5.74) is 6.46. The number of hydrogen-bond acceptors (Lipinski definition) is 12. The van der Waals surface area contributed by atoms with Gasteiger partial charge in [-0.05, 0) is 61.6 Å². The fourth-order valence-electron chi connectivity index (χ4n) is 8.61. The standard InChI is InChI=1S/C39H47F2N13O5/c1-48-13-18-53(39(48)59)27-3-2-10-52(23-27)37-45-35(33(34(42)56)46-47-37)43-26-5-7-30(29(41)20-26)50-16-14-49(15-17-50)21-24-8-11-51(22-24)36(57)25-4-6-28(40)31(19-25)54-12-9-32(55)44-38(54)58/h4-7,19-20,24,27H,2-3,8-18,21-23H2,1H3,(H2,42,56)(H,43,45,47)(H,44,55,58). The van der Waals surface area contributed by atoms with E-state index in [9.17, 15) is 28.4 Å². The van der Waals surface area contributed by atoms with Crippen LogP contribution in [0.25, 0.3) is 0 Å². The number of anilines is 5. The van der Waals surface area contributed by atoms with E-state index in [1.807, 2.05) is 14.7 Å². The van der Waals surface area contributed by atoms with Crippen molar-refractivity contribution in [3.8, 4) is 0 Å². The second-order valence-electron chi connectivity index (χ2n) is 15.7. The van der Waals surface area contributed by atoms with E-state index in [4.69, 9.17) is 5.73 Å². The number of urea groups is 2. The summed E-state index contributed by atoms with van der Waals surface area (Å²) >= 11 is 0. The van der Waals surface area contributed by atoms with Gasteiger partial charge in [-0.2, -0.15) is 4.98 Å². The lowest BCUT2D eigenvalue weighted by Crippen LogP contribution is -2.50. The van der Waals surface area contributed by atoms with E-state index in [0.29, 0.717) is 76.8 Å². The summed E-state index contributed by atoms with van der Waals surface area (Å²) in [6.45, 7) is 6.93. The lowest BCUT2D eigenvalue weighted by Gasteiger charge is -2.37. The Morgan fingerprint density at radius 1 is 0.864 bits per heavy atom. The number of aromatic nitrogens is 3. The maximum atomic E-state index is 15.7. The van der Waals surface area contributed by atoms with Crippen molar-refractivity contribution < 1.29 is 32.8 Å². The second kappa shape index (κ2) is 16.6. The van der Waals surface area contributed by atoms with Gasteiger partial charge in [0.1, 0.15) is 11.6 Å². The molecule has 4 N–H and O–H groups in total. The molecule has 5 aliphatic rings. The topological polar surface area (TPSA) is 197 Å². The SMILES string of the molecule is CN1CCN(C2CCCN(c3nnc(C(N)=O)c(Nc4ccc(N5CCN(CC6CCN(C(=O)c7ccc(F)c(N8CCC(=O)NC8=O)c7)C6)CC5)c(F)c4)n3)C2)C1=O. The minimum atomic E-state index is -0.833. The molecule has 2 unspecified atom stereocenters. The molecule has 0 aliphatic carbocycles. The average Bonchev–Trinajstić information content (AvgIpc) is 3.83. The molecule has 3 aromatic rings. The third-order valence-electron chi connectivity index (χ3n) is 11.8. The highest BCUT2D eigenvalue weighted by Crippen LogP contribution is 2.30. The first kappa shape index (κ1) is 39.6. The van der Waals surface area contributed by atoms with Crippen molar-refractivity contribution in [2.75, 3.05) is 106 Å². The Morgan fingerprint density at radius 3 is 2.41 bits per heavy atom. The van der Waals surface area contributed by atoms with Crippen LogP contribution in [0.3, 0.4) is 0 Å². The highest BCUT2D eigenvalue weighted by atomic mass is 19.1. The number of carbonyl (C=O) groups excluding carboxylic acids is 5. The van der Waals surface area contributed by atoms with Crippen LogP contribution in [0.1, 0.15) is 46.5 Å². The predicted molar refractivity (Wildman–Crippen MR) is 213 cm³/mol. The zero-order valence-electron chi connectivity index (χ0n) is 32.8. The Hall–Kier alpha value is -6.18. The van der Waals surface area contributed by atoms with Crippen LogP contribution in [0.4, 0.5) is 47.2 Å². The van der Waals surface area contributed by atoms with Gasteiger partial charge in [0.15, 0.2) is 11.5 Å². The van der Waals surface area contributed by atoms with E-state index in [1.165, 1.54) is 24.3 Å². The van der Waals surface area contributed by atoms with Crippen molar-refractivity contribution in [2.24, 2.45) is 11.7 Å². The number of nitrogens with zero attached hydrogens (tertiary/aromatic N) is 10. The van der Waals surface area contributed by atoms with Crippen LogP contribution in [-0.2, 0) is 4.79 Å². The Bertz CT molecular complexity index is 2150. The zero-order valence-corrected chi connectivity index (χ0v) is 32.8. The summed E-state index contributed by atoms with van der Waals surface area (Å²) in [6.07, 6.45) is 2.52. The van der Waals surface area contributed by atoms with E-state index in [0.717, 1.165) is 30.7 Å². The molecule has 20 heteroatoms. The highest BCUT2D eigenvalue weighted by Gasteiger charge is 2.36. The number of piperidine rings is 1. The number of likely N-dealkylation sites (tertiary alicyclic amines) is 1. The fourth-order valence-corrected chi connectivity index (χ4v) is 8.61. The number of hydrogen-bond donors (Lipinski definition) is 3. The lowest BCUT2D eigenvalue weighted by atomic mass is 10.0. The average molecular weight is 816 g/mol. The normalized spacial score (nSPS) is 21.7. The molecule has 0 bridgehead atoms. The van der Waals surface area contributed by atoms with Gasteiger partial charge in [-0.3, -0.25) is 29.5 Å². The van der Waals surface area contributed by atoms with Crippen molar-refractivity contribution in [1.29, 1.82) is 0 Å². The van der Waals surface area contributed by atoms with Crippen LogP contribution >= 0.6 is 0 Å². The second-order valence-corrected chi connectivity index (χ2v) is 15.7. The van der Waals surface area contributed by atoms with Gasteiger partial charge in [-0.25, -0.2) is 18.4 Å². The minimum Gasteiger partial charge on any atom is -0.367 e. The molecular formula is C39H47F2N13O5. The van der Waals surface area contributed by atoms with Gasteiger partial charge in [0.05, 0.1) is 17.4 Å². The molecule has 0 spiro atoms. The Kier molecular flexibility index (Phi) is 11.1. The molecule has 0 saturated carbocycles. The molecule has 7 amide bonds. The molecule has 5 saturated heterocycles. The van der Waals surface area contributed by atoms with Gasteiger partial charge < -0.3 is 35.6 Å². The number of likely N-dealkylation sites (N-methyl/N-ethyl adjacent to an activating group) is 1. The molecule has 6 heterocycles. The predicted octanol–water partition coefficient (Wildman–Crippen LogP) is 2.06. The Labute approximate surface area is 339 Å². The molecule has 1 aromatic heterocycles. The molecule has 8 rings (SSSR count). The van der Waals surface area contributed by atoms with Crippen LogP contribution in [0, 0.1) is 17.6 Å². The maximum absolute atomic E-state index is 15.7. The van der Waals surface area contributed by atoms with E-state index in [2.05, 4.69) is 30.7 Å². The first-order valence-corrected chi connectivity index (χ1v) is 20.0. The smallest absolute Gasteiger partial charge is 0.328 e. The van der Waals surface area contributed by atoms with Gasteiger partial charge in [-0.15, -0.1) is 10.2 Å². The zero-order chi connectivity index (χ0) is 41.4. The summed E-state index contributed by atoms with van der Waals surface area (Å²) in [5.74, 6) is -2.05. The van der Waals surface area contributed by atoms with Gasteiger partial charge in [0.25, 0.3) is 11.8 Å². The quantitative estimate of drug-likeness (QED) is 0.270. The summed E-state index contributed by atoms with van der Waals surface area (Å²) in [5, 5.41) is 13.4. The van der Waals surface area contributed by atoms with Crippen molar-refractivity contribution >= 4 is 58.6 Å². The molecule has 59 heavy (non-hydrogen) atoms. The molecule has 2 atom stereocenters. The molecular weight excluding hydrogens is 769 g/mol. The summed E-state index contributed by atoms with van der Waals surface area (Å²) < 4.78 is 30.4. The fraction of sp³-hybridized carbons (Fsp3) is 0.487. The number of nitrogens with one attached hydrogen (secondary N) is 2. The van der Waals surface area contributed by atoms with Crippen molar-refractivity contribution in [1.82, 2.24) is 40.1 Å². The molecule has 5 aliphatic heterocycles. The summed E-state index contributed by atoms with van der Waals surface area (Å²) in [7, 11) is 1.79. The van der Waals surface area contributed by atoms with Crippen LogP contribution in [0.5, 0.6) is 0 Å². The largest absolute Gasteiger partial charge is 0.367 e. The Balaban J connectivity index is 0.848. The number of benzene rings is 2. The monoisotopic (exact) mass is 815 g/mol. The number of carbonyl (C=O) groups is 5. The first-order chi connectivity index (χ1) is 28.4. The summed E-state index contributed by atoms with van der Waals surface area (Å²) in [6, 6.07) is 7.95. The van der Waals surface area contributed by atoms with Crippen LogP contribution in [0.2, 0.25) is 0 Å². The van der Waals surface area contributed by atoms with Crippen LogP contribution < -0.4 is 31.1 Å². The van der Waals surface area contributed by atoms with Gasteiger partial charge in [0, 0.05) is 103 Å². The number of rotatable bonds is 10. The number of primary amides is 1. The minimum absolute atomic E-state index is 0.00419. The van der Waals surface area contributed by atoms with Gasteiger partial charge >= 0.3 is 12.1 Å². The van der Waals surface area contributed by atoms with Crippen molar-refractivity contribution in [2.45, 2.75) is 31.7 Å². The Morgan fingerprint density at radius 2 is 1.68 bits per heavy atom. The molecule has 18 nitrogen and oxygen atoms in total. The summed E-state index contributed by atoms with van der Waals surface area (Å²) in [4.78, 5) is 79.5. The highest BCUT2D eigenvalue weighted by molar-refractivity contribution is 6.06. The maximum Gasteiger partial charge on any atom is 0.328 e. The van der Waals surface area contributed by atoms with E-state index < -0.39 is 29.5 Å². The lowest BCUT2D eigenvalue weighted by molar-refractivity contribution is -0.120. The number of imide groups is 1. The molecule has 312 valence electrons. The third kappa shape index (κ3) is 8.39. The van der Waals surface area contributed by atoms with E-state index in [-0.39, 0.29) is 65.6 Å². The number of halogens is 2. The van der Waals surface area contributed by atoms with Crippen LogP contribution in [0.15, 0.2) is 36.4 Å². The van der Waals surface area contributed by atoms with Crippen LogP contribution in [-0.4, -0.2) is 156 Å². The molecule has 0 radical (unpaired) electrons.